The zero-order chi connectivity index (χ0) is 16.1. The predicted octanol–water partition coefficient (Wildman–Crippen LogP) is 4.72. The highest BCUT2D eigenvalue weighted by Crippen LogP contribution is 2.53. The maximum atomic E-state index is 5.65. The molecule has 1 aromatic carbocycles. The molecule has 0 spiro atoms. The van der Waals surface area contributed by atoms with Crippen molar-refractivity contribution in [3.05, 3.63) is 28.8 Å². The Morgan fingerprint density at radius 3 is 2.04 bits per heavy atom. The number of rotatable bonds is 2. The van der Waals surface area contributed by atoms with E-state index >= 15 is 0 Å². The van der Waals surface area contributed by atoms with Crippen molar-refractivity contribution in [1.82, 2.24) is 5.32 Å². The quantitative estimate of drug-likeness (QED) is 0.768. The Balaban J connectivity index is 1.44. The van der Waals surface area contributed by atoms with E-state index in [0.29, 0.717) is 6.04 Å². The van der Waals surface area contributed by atoms with Crippen LogP contribution in [0.2, 0.25) is 0 Å². The van der Waals surface area contributed by atoms with Gasteiger partial charge in [0.15, 0.2) is 5.11 Å². The third-order valence-electron chi connectivity index (χ3n) is 6.61. The van der Waals surface area contributed by atoms with E-state index in [0.717, 1.165) is 34.5 Å². The van der Waals surface area contributed by atoms with Crippen LogP contribution in [0.5, 0.6) is 0 Å². The zero-order valence-electron chi connectivity index (χ0n) is 14.5. The molecule has 124 valence electrons. The van der Waals surface area contributed by atoms with Crippen LogP contribution in [-0.4, -0.2) is 11.2 Å². The fourth-order valence-electron chi connectivity index (χ4n) is 5.57. The molecule has 0 radical (unpaired) electrons. The number of benzene rings is 1. The molecule has 1 aromatic rings. The normalized spacial score (nSPS) is 34.5. The predicted molar refractivity (Wildman–Crippen MR) is 101 cm³/mol. The lowest BCUT2D eigenvalue weighted by molar-refractivity contribution is -0.00665. The lowest BCUT2D eigenvalue weighted by Crippen LogP contribution is -2.56. The average Bonchev–Trinajstić information content (AvgIpc) is 2.48. The van der Waals surface area contributed by atoms with Gasteiger partial charge in [-0.3, -0.25) is 0 Å². The molecule has 2 nitrogen and oxygen atoms in total. The Morgan fingerprint density at radius 1 is 0.870 bits per heavy atom. The number of hydrogen-bond donors (Lipinski definition) is 2. The van der Waals surface area contributed by atoms with Gasteiger partial charge in [-0.1, -0.05) is 6.07 Å². The SMILES string of the molecule is Cc1cc(C)c(NC(=S)NC2C3CC4CC(C3)CC2C4)cc1C. The van der Waals surface area contributed by atoms with Gasteiger partial charge in [0.25, 0.3) is 0 Å². The van der Waals surface area contributed by atoms with Crippen LogP contribution in [0.1, 0.15) is 48.8 Å². The van der Waals surface area contributed by atoms with Gasteiger partial charge in [-0.25, -0.2) is 0 Å². The van der Waals surface area contributed by atoms with Crippen molar-refractivity contribution >= 4 is 23.0 Å². The number of aryl methyl sites for hydroxylation is 3. The molecule has 4 aliphatic carbocycles. The minimum atomic E-state index is 0.606. The van der Waals surface area contributed by atoms with E-state index in [9.17, 15) is 0 Å². The van der Waals surface area contributed by atoms with Crippen LogP contribution in [-0.2, 0) is 0 Å². The van der Waals surface area contributed by atoms with Crippen LogP contribution in [0.25, 0.3) is 0 Å². The molecule has 4 aliphatic rings. The molecule has 2 N–H and O–H groups in total. The monoisotopic (exact) mass is 328 g/mol. The van der Waals surface area contributed by atoms with Gasteiger partial charge in [-0.15, -0.1) is 0 Å². The Labute approximate surface area is 145 Å². The topological polar surface area (TPSA) is 24.1 Å². The second-order valence-corrected chi connectivity index (χ2v) is 8.71. The summed E-state index contributed by atoms with van der Waals surface area (Å²) in [5.41, 5.74) is 5.07. The van der Waals surface area contributed by atoms with Crippen molar-refractivity contribution in [2.75, 3.05) is 5.32 Å². The van der Waals surface area contributed by atoms with Crippen LogP contribution in [0, 0.1) is 44.4 Å². The number of thiocarbonyl (C=S) groups is 1. The summed E-state index contributed by atoms with van der Waals surface area (Å²) in [7, 11) is 0. The molecule has 0 saturated heterocycles. The van der Waals surface area contributed by atoms with Gasteiger partial charge in [0.1, 0.15) is 0 Å². The molecular formula is C20H28N2S. The first kappa shape index (κ1) is 15.4. The fraction of sp³-hybridized carbons (Fsp3) is 0.650. The molecule has 0 heterocycles. The highest BCUT2D eigenvalue weighted by atomic mass is 32.1. The molecule has 0 aliphatic heterocycles. The first-order valence-electron chi connectivity index (χ1n) is 9.15. The summed E-state index contributed by atoms with van der Waals surface area (Å²) >= 11 is 5.65. The van der Waals surface area contributed by atoms with Gasteiger partial charge in [0, 0.05) is 11.7 Å². The third kappa shape index (κ3) is 2.88. The van der Waals surface area contributed by atoms with Crippen LogP contribution in [0.3, 0.4) is 0 Å². The lowest BCUT2D eigenvalue weighted by Gasteiger charge is -2.54. The Morgan fingerprint density at radius 2 is 1.43 bits per heavy atom. The smallest absolute Gasteiger partial charge is 0.171 e. The second kappa shape index (κ2) is 5.77. The first-order valence-corrected chi connectivity index (χ1v) is 9.55. The molecule has 4 bridgehead atoms. The molecule has 4 fully saturated rings. The summed E-state index contributed by atoms with van der Waals surface area (Å²) in [6, 6.07) is 5.06. The van der Waals surface area contributed by atoms with Crippen LogP contribution >= 0.6 is 12.2 Å². The molecular weight excluding hydrogens is 300 g/mol. The standard InChI is InChI=1S/C20H28N2S/c1-11-4-13(3)18(5-12(11)2)21-20(23)22-19-16-7-14-6-15(9-16)10-17(19)8-14/h4-5,14-17,19H,6-10H2,1-3H3,(H2,21,22,23). The number of hydrogen-bond acceptors (Lipinski definition) is 1. The van der Waals surface area contributed by atoms with E-state index in [1.165, 1.54) is 48.8 Å². The summed E-state index contributed by atoms with van der Waals surface area (Å²) in [5, 5.41) is 7.96. The molecule has 5 rings (SSSR count). The van der Waals surface area contributed by atoms with Crippen molar-refractivity contribution in [3.63, 3.8) is 0 Å². The molecule has 3 heteroatoms. The summed E-state index contributed by atoms with van der Waals surface area (Å²) in [4.78, 5) is 0. The molecule has 0 aromatic heterocycles. The number of anilines is 1. The van der Waals surface area contributed by atoms with Gasteiger partial charge in [-0.2, -0.15) is 0 Å². The van der Waals surface area contributed by atoms with Gasteiger partial charge in [0.2, 0.25) is 0 Å². The van der Waals surface area contributed by atoms with Crippen LogP contribution in [0.15, 0.2) is 12.1 Å². The molecule has 0 amide bonds. The Hall–Kier alpha value is -1.09. The van der Waals surface area contributed by atoms with Crippen molar-refractivity contribution in [3.8, 4) is 0 Å². The van der Waals surface area contributed by atoms with Crippen LogP contribution in [0.4, 0.5) is 5.69 Å². The minimum absolute atomic E-state index is 0.606. The largest absolute Gasteiger partial charge is 0.359 e. The fourth-order valence-corrected chi connectivity index (χ4v) is 5.81. The second-order valence-electron chi connectivity index (χ2n) is 8.31. The Bertz CT molecular complexity index is 609. The summed E-state index contributed by atoms with van der Waals surface area (Å²) in [6.07, 6.45) is 7.21. The van der Waals surface area contributed by atoms with E-state index in [4.69, 9.17) is 12.2 Å². The van der Waals surface area contributed by atoms with E-state index in [-0.39, 0.29) is 0 Å². The summed E-state index contributed by atoms with van der Waals surface area (Å²) < 4.78 is 0. The number of nitrogens with one attached hydrogen (secondary N) is 2. The first-order chi connectivity index (χ1) is 11.0. The van der Waals surface area contributed by atoms with Crippen molar-refractivity contribution in [1.29, 1.82) is 0 Å². The van der Waals surface area contributed by atoms with E-state index in [1.807, 2.05) is 0 Å². The van der Waals surface area contributed by atoms with Gasteiger partial charge in [0.05, 0.1) is 0 Å². The van der Waals surface area contributed by atoms with Gasteiger partial charge >= 0.3 is 0 Å². The molecule has 0 atom stereocenters. The van der Waals surface area contributed by atoms with Gasteiger partial charge in [-0.05, 0) is 112 Å². The molecule has 23 heavy (non-hydrogen) atoms. The summed E-state index contributed by atoms with van der Waals surface area (Å²) in [5.74, 6) is 3.73. The zero-order valence-corrected chi connectivity index (χ0v) is 15.3. The maximum Gasteiger partial charge on any atom is 0.171 e. The highest BCUT2D eigenvalue weighted by Gasteiger charge is 2.48. The third-order valence-corrected chi connectivity index (χ3v) is 6.83. The molecule has 0 unspecified atom stereocenters. The van der Waals surface area contributed by atoms with Crippen LogP contribution < -0.4 is 10.6 Å². The van der Waals surface area contributed by atoms with Crippen molar-refractivity contribution in [2.24, 2.45) is 23.7 Å². The molecule has 4 saturated carbocycles. The lowest BCUT2D eigenvalue weighted by atomic mass is 9.54. The van der Waals surface area contributed by atoms with Crippen molar-refractivity contribution < 1.29 is 0 Å². The van der Waals surface area contributed by atoms with E-state index in [2.05, 4.69) is 43.5 Å². The van der Waals surface area contributed by atoms with E-state index in [1.54, 1.807) is 0 Å². The minimum Gasteiger partial charge on any atom is -0.359 e. The van der Waals surface area contributed by atoms with Gasteiger partial charge < -0.3 is 10.6 Å². The average molecular weight is 329 g/mol. The maximum absolute atomic E-state index is 5.65. The van der Waals surface area contributed by atoms with E-state index < -0.39 is 0 Å². The Kier molecular flexibility index (Phi) is 3.87. The van der Waals surface area contributed by atoms with Crippen molar-refractivity contribution in [2.45, 2.75) is 58.9 Å². The highest BCUT2D eigenvalue weighted by molar-refractivity contribution is 7.80. The summed E-state index contributed by atoms with van der Waals surface area (Å²) in [6.45, 7) is 6.48.